The van der Waals surface area contributed by atoms with E-state index in [-0.39, 0.29) is 10.7 Å². The van der Waals surface area contributed by atoms with Crippen LogP contribution in [0, 0.1) is 5.41 Å². The van der Waals surface area contributed by atoms with Gasteiger partial charge in [-0.1, -0.05) is 68.9 Å². The largest absolute Gasteiger partial charge is 0.294 e. The number of thioether (sulfide) groups is 2. The molecule has 0 amide bonds. The van der Waals surface area contributed by atoms with E-state index >= 15 is 0 Å². The van der Waals surface area contributed by atoms with Crippen LogP contribution in [0.15, 0.2) is 80.9 Å². The third-order valence-electron chi connectivity index (χ3n) is 3.93. The number of hydrogen-bond donors (Lipinski definition) is 0. The monoisotopic (exact) mass is 354 g/mol. The van der Waals surface area contributed by atoms with Crippen molar-refractivity contribution in [1.82, 2.24) is 0 Å². The Bertz CT molecular complexity index is 742. The van der Waals surface area contributed by atoms with Gasteiger partial charge in [-0.25, -0.2) is 0 Å². The predicted octanol–water partition coefficient (Wildman–Crippen LogP) is 6.21. The maximum Gasteiger partial charge on any atom is 0.161 e. The fourth-order valence-electron chi connectivity index (χ4n) is 2.94. The van der Waals surface area contributed by atoms with Crippen molar-refractivity contribution >= 4 is 29.3 Å². The van der Waals surface area contributed by atoms with Crippen molar-refractivity contribution in [2.24, 2.45) is 5.41 Å². The van der Waals surface area contributed by atoms with E-state index in [9.17, 15) is 4.79 Å². The first-order chi connectivity index (χ1) is 11.4. The molecule has 0 radical (unpaired) electrons. The fraction of sp³-hybridized carbons (Fsp3) is 0.286. The number of benzene rings is 2. The summed E-state index contributed by atoms with van der Waals surface area (Å²) in [6, 6.07) is 20.7. The zero-order valence-electron chi connectivity index (χ0n) is 14.3. The van der Waals surface area contributed by atoms with Crippen LogP contribution < -0.4 is 0 Å². The highest BCUT2D eigenvalue weighted by Crippen LogP contribution is 2.49. The summed E-state index contributed by atoms with van der Waals surface area (Å²) in [7, 11) is 0. The summed E-state index contributed by atoms with van der Waals surface area (Å²) >= 11 is 3.56. The fourth-order valence-corrected chi connectivity index (χ4v) is 5.62. The zero-order chi connectivity index (χ0) is 17.2. The molecule has 1 aliphatic carbocycles. The Labute approximate surface area is 152 Å². The Morgan fingerprint density at radius 2 is 1.42 bits per heavy atom. The molecule has 1 unspecified atom stereocenters. The van der Waals surface area contributed by atoms with Crippen LogP contribution in [0.2, 0.25) is 0 Å². The third-order valence-corrected chi connectivity index (χ3v) is 6.53. The Kier molecular flexibility index (Phi) is 5.21. The van der Waals surface area contributed by atoms with E-state index < -0.39 is 0 Å². The number of carbonyl (C=O) groups is 1. The van der Waals surface area contributed by atoms with E-state index in [2.05, 4.69) is 69.3 Å². The topological polar surface area (TPSA) is 17.1 Å². The number of ketones is 1. The van der Waals surface area contributed by atoms with Crippen molar-refractivity contribution in [2.75, 3.05) is 0 Å². The maximum atomic E-state index is 12.7. The zero-order valence-corrected chi connectivity index (χ0v) is 15.9. The number of carbonyl (C=O) groups excluding carboxylic acids is 1. The molecule has 1 nitrogen and oxygen atoms in total. The molecule has 2 aromatic rings. The van der Waals surface area contributed by atoms with Gasteiger partial charge < -0.3 is 0 Å². The van der Waals surface area contributed by atoms with Gasteiger partial charge in [0.1, 0.15) is 0 Å². The van der Waals surface area contributed by atoms with Crippen LogP contribution in [-0.4, -0.2) is 11.0 Å². The van der Waals surface area contributed by atoms with Crippen molar-refractivity contribution in [3.05, 3.63) is 71.1 Å². The average molecular weight is 355 g/mol. The first kappa shape index (κ1) is 17.4. The highest BCUT2D eigenvalue weighted by molar-refractivity contribution is 8.06. The lowest BCUT2D eigenvalue weighted by Crippen LogP contribution is -2.15. The molecule has 0 saturated heterocycles. The van der Waals surface area contributed by atoms with Gasteiger partial charge in [0.2, 0.25) is 0 Å². The van der Waals surface area contributed by atoms with Crippen LogP contribution in [0.5, 0.6) is 0 Å². The van der Waals surface area contributed by atoms with Crippen LogP contribution >= 0.6 is 23.5 Å². The van der Waals surface area contributed by atoms with Gasteiger partial charge in [0, 0.05) is 31.9 Å². The maximum absolute atomic E-state index is 12.7. The molecule has 0 fully saturated rings. The second-order valence-corrected chi connectivity index (χ2v) is 9.34. The second-order valence-electron chi connectivity index (χ2n) is 6.95. The molecule has 0 saturated carbocycles. The smallest absolute Gasteiger partial charge is 0.161 e. The highest BCUT2D eigenvalue weighted by atomic mass is 32.2. The number of allylic oxidation sites excluding steroid dienone is 1. The molecule has 124 valence electrons. The molecular formula is C21H22OS2. The van der Waals surface area contributed by atoms with Crippen LogP contribution in [0.3, 0.4) is 0 Å². The van der Waals surface area contributed by atoms with E-state index in [0.717, 1.165) is 5.57 Å². The van der Waals surface area contributed by atoms with Gasteiger partial charge in [-0.2, -0.15) is 0 Å². The van der Waals surface area contributed by atoms with E-state index in [1.165, 1.54) is 14.7 Å². The predicted molar refractivity (Wildman–Crippen MR) is 104 cm³/mol. The standard InChI is InChI=1S/C21H22OS2/c1-21(2,3)19-17(22)14-18(23-15-10-6-4-7-11-15)20(19)24-16-12-8-5-9-13-16/h4-13,18H,14H2,1-3H3. The van der Waals surface area contributed by atoms with Crippen molar-refractivity contribution < 1.29 is 4.79 Å². The van der Waals surface area contributed by atoms with E-state index in [1.54, 1.807) is 23.5 Å². The normalized spacial score (nSPS) is 18.3. The quantitative estimate of drug-likeness (QED) is 0.649. The van der Waals surface area contributed by atoms with Crippen molar-refractivity contribution in [2.45, 2.75) is 42.2 Å². The number of hydrogen-bond acceptors (Lipinski definition) is 3. The minimum atomic E-state index is -0.125. The summed E-state index contributed by atoms with van der Waals surface area (Å²) in [6.07, 6.45) is 0.599. The molecule has 24 heavy (non-hydrogen) atoms. The molecule has 0 heterocycles. The highest BCUT2D eigenvalue weighted by Gasteiger charge is 2.38. The molecule has 0 spiro atoms. The summed E-state index contributed by atoms with van der Waals surface area (Å²) < 4.78 is 0. The molecule has 1 atom stereocenters. The summed E-state index contributed by atoms with van der Waals surface area (Å²) in [5.74, 6) is 0.300. The number of rotatable bonds is 4. The van der Waals surface area contributed by atoms with Gasteiger partial charge in [0.15, 0.2) is 5.78 Å². The van der Waals surface area contributed by atoms with E-state index in [4.69, 9.17) is 0 Å². The van der Waals surface area contributed by atoms with Gasteiger partial charge in [-0.3, -0.25) is 4.79 Å². The Morgan fingerprint density at radius 1 is 0.875 bits per heavy atom. The summed E-state index contributed by atoms with van der Waals surface area (Å²) in [6.45, 7) is 6.42. The van der Waals surface area contributed by atoms with Crippen molar-refractivity contribution in [1.29, 1.82) is 0 Å². The first-order valence-corrected chi connectivity index (χ1v) is 9.87. The van der Waals surface area contributed by atoms with Crippen LogP contribution in [0.1, 0.15) is 27.2 Å². The Morgan fingerprint density at radius 3 is 1.96 bits per heavy atom. The van der Waals surface area contributed by atoms with E-state index in [1.807, 2.05) is 12.1 Å². The SMILES string of the molecule is CC(C)(C)C1=C(Sc2ccccc2)C(Sc2ccccc2)CC1=O. The molecule has 2 aromatic carbocycles. The third kappa shape index (κ3) is 3.96. The Balaban J connectivity index is 1.96. The molecule has 0 aliphatic heterocycles. The molecule has 3 rings (SSSR count). The lowest BCUT2D eigenvalue weighted by atomic mass is 9.85. The molecule has 0 N–H and O–H groups in total. The minimum Gasteiger partial charge on any atom is -0.294 e. The van der Waals surface area contributed by atoms with Crippen molar-refractivity contribution in [3.8, 4) is 0 Å². The van der Waals surface area contributed by atoms with Gasteiger partial charge in [-0.05, 0) is 29.7 Å². The second kappa shape index (κ2) is 7.20. The lowest BCUT2D eigenvalue weighted by molar-refractivity contribution is -0.115. The van der Waals surface area contributed by atoms with Gasteiger partial charge in [0.05, 0.1) is 0 Å². The molecule has 1 aliphatic rings. The Hall–Kier alpha value is -1.45. The summed E-state index contributed by atoms with van der Waals surface area (Å²) in [4.78, 5) is 16.4. The molecular weight excluding hydrogens is 332 g/mol. The molecule has 0 aromatic heterocycles. The van der Waals surface area contributed by atoms with Crippen molar-refractivity contribution in [3.63, 3.8) is 0 Å². The van der Waals surface area contributed by atoms with Gasteiger partial charge >= 0.3 is 0 Å². The van der Waals surface area contributed by atoms with Crippen LogP contribution in [0.25, 0.3) is 0 Å². The molecule has 3 heteroatoms. The summed E-state index contributed by atoms with van der Waals surface area (Å²) in [5, 5.41) is 0.208. The number of Topliss-reactive ketones (excluding diaryl/α,β-unsaturated/α-hetero) is 1. The van der Waals surface area contributed by atoms with Gasteiger partial charge in [-0.15, -0.1) is 11.8 Å². The van der Waals surface area contributed by atoms with Crippen LogP contribution in [-0.2, 0) is 4.79 Å². The van der Waals surface area contributed by atoms with Gasteiger partial charge in [0.25, 0.3) is 0 Å². The molecule has 0 bridgehead atoms. The van der Waals surface area contributed by atoms with E-state index in [0.29, 0.717) is 12.2 Å². The first-order valence-electron chi connectivity index (χ1n) is 8.17. The minimum absolute atomic E-state index is 0.125. The van der Waals surface area contributed by atoms with Crippen LogP contribution in [0.4, 0.5) is 0 Å². The summed E-state index contributed by atoms with van der Waals surface area (Å²) in [5.41, 5.74) is 0.880. The average Bonchev–Trinajstić information content (AvgIpc) is 2.84. The lowest BCUT2D eigenvalue weighted by Gasteiger charge is -2.22.